The summed E-state index contributed by atoms with van der Waals surface area (Å²) in [6.07, 6.45) is 6.45. The van der Waals surface area contributed by atoms with Gasteiger partial charge in [0.2, 0.25) is 0 Å². The first-order valence-corrected chi connectivity index (χ1v) is 11.4. The predicted molar refractivity (Wildman–Crippen MR) is 126 cm³/mol. The van der Waals surface area contributed by atoms with Crippen LogP contribution in [0.5, 0.6) is 0 Å². The molecule has 0 saturated carbocycles. The monoisotopic (exact) mass is 449 g/mol. The first kappa shape index (κ1) is 22.5. The van der Waals surface area contributed by atoms with Crippen molar-refractivity contribution in [2.75, 3.05) is 23.7 Å². The summed E-state index contributed by atoms with van der Waals surface area (Å²) in [5, 5.41) is 10.2. The summed E-state index contributed by atoms with van der Waals surface area (Å²) >= 11 is 0. The lowest BCUT2D eigenvalue weighted by molar-refractivity contribution is 0.102. The summed E-state index contributed by atoms with van der Waals surface area (Å²) in [6, 6.07) is 13.0. The summed E-state index contributed by atoms with van der Waals surface area (Å²) in [4.78, 5) is 27.4. The van der Waals surface area contributed by atoms with Crippen LogP contribution in [-0.4, -0.2) is 39.7 Å². The van der Waals surface area contributed by atoms with Crippen molar-refractivity contribution in [2.45, 2.75) is 39.0 Å². The lowest BCUT2D eigenvalue weighted by atomic mass is 10.1. The van der Waals surface area contributed by atoms with E-state index in [0.717, 1.165) is 44.5 Å². The van der Waals surface area contributed by atoms with Gasteiger partial charge in [0.05, 0.1) is 23.1 Å². The van der Waals surface area contributed by atoms with Gasteiger partial charge in [-0.15, -0.1) is 0 Å². The van der Waals surface area contributed by atoms with E-state index in [-0.39, 0.29) is 17.8 Å². The Morgan fingerprint density at radius 3 is 2.30 bits per heavy atom. The Morgan fingerprint density at radius 1 is 0.970 bits per heavy atom. The summed E-state index contributed by atoms with van der Waals surface area (Å²) in [7, 11) is 0. The third-order valence-electron chi connectivity index (χ3n) is 5.78. The van der Waals surface area contributed by atoms with Crippen LogP contribution >= 0.6 is 0 Å². The number of hydrogen-bond acceptors (Lipinski definition) is 3. The Labute approximate surface area is 192 Å². The van der Waals surface area contributed by atoms with Gasteiger partial charge in [0.15, 0.2) is 0 Å². The zero-order valence-corrected chi connectivity index (χ0v) is 18.7. The molecule has 2 N–H and O–H groups in total. The quantitative estimate of drug-likeness (QED) is 0.560. The lowest BCUT2D eigenvalue weighted by Crippen LogP contribution is -2.35. The number of carbonyl (C=O) groups is 2. The highest BCUT2D eigenvalue weighted by Crippen LogP contribution is 2.21. The zero-order chi connectivity index (χ0) is 23.2. The van der Waals surface area contributed by atoms with E-state index >= 15 is 0 Å². The van der Waals surface area contributed by atoms with Crippen LogP contribution in [0.1, 0.15) is 48.7 Å². The van der Waals surface area contributed by atoms with Gasteiger partial charge in [-0.1, -0.05) is 25.8 Å². The van der Waals surface area contributed by atoms with Gasteiger partial charge in [-0.05, 0) is 61.7 Å². The van der Waals surface area contributed by atoms with Crippen molar-refractivity contribution >= 4 is 23.3 Å². The maximum Gasteiger partial charge on any atom is 0.321 e. The number of urea groups is 1. The molecule has 2 heterocycles. The predicted octanol–water partition coefficient (Wildman–Crippen LogP) is 5.23. The number of amides is 3. The minimum Gasteiger partial charge on any atom is -0.325 e. The number of likely N-dealkylation sites (tertiary alicyclic amines) is 1. The van der Waals surface area contributed by atoms with E-state index in [0.29, 0.717) is 29.0 Å². The number of rotatable bonds is 5. The van der Waals surface area contributed by atoms with Crippen molar-refractivity contribution in [2.24, 2.45) is 0 Å². The molecule has 0 unspecified atom stereocenters. The molecule has 3 aromatic rings. The topological polar surface area (TPSA) is 79.3 Å². The molecular formula is C25H28FN5O2. The SMILES string of the molecule is CCc1c(C(=O)Nc2cccc(NC(=O)N3CCCCCC3)c2)cnn1-c1ccc(F)cc1. The second kappa shape index (κ2) is 10.3. The maximum absolute atomic E-state index is 13.3. The standard InChI is InChI=1S/C25H28FN5O2/c1-2-23-22(17-27-31(23)21-12-10-18(26)11-13-21)24(32)28-19-8-7-9-20(16-19)29-25(33)30-14-5-3-4-6-15-30/h7-13,16-17H,2-6,14-15H2,1H3,(H,28,32)(H,29,33). The second-order valence-electron chi connectivity index (χ2n) is 8.11. The van der Waals surface area contributed by atoms with Crippen molar-refractivity contribution in [1.29, 1.82) is 0 Å². The van der Waals surface area contributed by atoms with E-state index in [9.17, 15) is 14.0 Å². The van der Waals surface area contributed by atoms with Gasteiger partial charge in [0.25, 0.3) is 5.91 Å². The van der Waals surface area contributed by atoms with Gasteiger partial charge in [0.1, 0.15) is 5.82 Å². The molecule has 0 radical (unpaired) electrons. The van der Waals surface area contributed by atoms with Crippen molar-refractivity contribution in [3.63, 3.8) is 0 Å². The zero-order valence-electron chi connectivity index (χ0n) is 18.7. The molecule has 0 spiro atoms. The Morgan fingerprint density at radius 2 is 1.64 bits per heavy atom. The molecule has 1 fully saturated rings. The van der Waals surface area contributed by atoms with Gasteiger partial charge in [-0.3, -0.25) is 4.79 Å². The number of nitrogens with one attached hydrogen (secondary N) is 2. The molecule has 1 aliphatic rings. The molecule has 7 nitrogen and oxygen atoms in total. The van der Waals surface area contributed by atoms with Crippen LogP contribution in [0.15, 0.2) is 54.7 Å². The Kier molecular flexibility index (Phi) is 7.02. The third kappa shape index (κ3) is 5.39. The molecule has 0 atom stereocenters. The number of anilines is 2. The second-order valence-corrected chi connectivity index (χ2v) is 8.11. The van der Waals surface area contributed by atoms with Crippen LogP contribution in [0.2, 0.25) is 0 Å². The van der Waals surface area contributed by atoms with Crippen LogP contribution in [0, 0.1) is 5.82 Å². The molecular weight excluding hydrogens is 421 g/mol. The van der Waals surface area contributed by atoms with Gasteiger partial charge >= 0.3 is 6.03 Å². The van der Waals surface area contributed by atoms with E-state index in [1.807, 2.05) is 11.8 Å². The minimum atomic E-state index is -0.329. The fraction of sp³-hybridized carbons (Fsp3) is 0.320. The average molecular weight is 450 g/mol. The molecule has 172 valence electrons. The smallest absolute Gasteiger partial charge is 0.321 e. The Balaban J connectivity index is 1.46. The normalized spacial score (nSPS) is 13.9. The van der Waals surface area contributed by atoms with Gasteiger partial charge in [0, 0.05) is 24.5 Å². The lowest BCUT2D eigenvalue weighted by Gasteiger charge is -2.21. The van der Waals surface area contributed by atoms with Crippen LogP contribution in [0.3, 0.4) is 0 Å². The third-order valence-corrected chi connectivity index (χ3v) is 5.78. The average Bonchev–Trinajstić information content (AvgIpc) is 3.05. The summed E-state index contributed by atoms with van der Waals surface area (Å²) in [5.41, 5.74) is 3.06. The Bertz CT molecular complexity index is 1120. The van der Waals surface area contributed by atoms with Crippen molar-refractivity contribution < 1.29 is 14.0 Å². The highest BCUT2D eigenvalue weighted by molar-refractivity contribution is 6.05. The van der Waals surface area contributed by atoms with E-state index in [2.05, 4.69) is 15.7 Å². The van der Waals surface area contributed by atoms with Crippen LogP contribution in [0.4, 0.5) is 20.6 Å². The molecule has 0 bridgehead atoms. The molecule has 1 aliphatic heterocycles. The molecule has 2 aromatic carbocycles. The number of nitrogens with zero attached hydrogens (tertiary/aromatic N) is 3. The molecule has 1 aromatic heterocycles. The van der Waals surface area contributed by atoms with Crippen LogP contribution in [0.25, 0.3) is 5.69 Å². The first-order chi connectivity index (χ1) is 16.0. The minimum absolute atomic E-state index is 0.116. The van der Waals surface area contributed by atoms with E-state index < -0.39 is 0 Å². The number of hydrogen-bond donors (Lipinski definition) is 2. The van der Waals surface area contributed by atoms with E-state index in [4.69, 9.17) is 0 Å². The van der Waals surface area contributed by atoms with Crippen LogP contribution < -0.4 is 10.6 Å². The highest BCUT2D eigenvalue weighted by Gasteiger charge is 2.18. The molecule has 1 saturated heterocycles. The van der Waals surface area contributed by atoms with Crippen molar-refractivity contribution in [3.8, 4) is 5.69 Å². The number of carbonyl (C=O) groups excluding carboxylic acids is 2. The van der Waals surface area contributed by atoms with E-state index in [1.165, 1.54) is 18.3 Å². The summed E-state index contributed by atoms with van der Waals surface area (Å²) in [5.74, 6) is -0.624. The van der Waals surface area contributed by atoms with E-state index in [1.54, 1.807) is 41.1 Å². The molecule has 33 heavy (non-hydrogen) atoms. The fourth-order valence-electron chi connectivity index (χ4n) is 4.06. The highest BCUT2D eigenvalue weighted by atomic mass is 19.1. The first-order valence-electron chi connectivity index (χ1n) is 11.4. The molecule has 8 heteroatoms. The largest absolute Gasteiger partial charge is 0.325 e. The van der Waals surface area contributed by atoms with Crippen molar-refractivity contribution in [1.82, 2.24) is 14.7 Å². The molecule has 0 aliphatic carbocycles. The van der Waals surface area contributed by atoms with Crippen LogP contribution in [-0.2, 0) is 6.42 Å². The van der Waals surface area contributed by atoms with Crippen molar-refractivity contribution in [3.05, 3.63) is 71.8 Å². The van der Waals surface area contributed by atoms with Gasteiger partial charge in [-0.25, -0.2) is 13.9 Å². The summed E-state index contributed by atoms with van der Waals surface area (Å²) in [6.45, 7) is 3.47. The fourth-order valence-corrected chi connectivity index (χ4v) is 4.06. The van der Waals surface area contributed by atoms with Gasteiger partial charge < -0.3 is 15.5 Å². The Hall–Kier alpha value is -3.68. The summed E-state index contributed by atoms with van der Waals surface area (Å²) < 4.78 is 14.9. The molecule has 4 rings (SSSR count). The maximum atomic E-state index is 13.3. The van der Waals surface area contributed by atoms with Gasteiger partial charge in [-0.2, -0.15) is 5.10 Å². The molecule has 3 amide bonds. The number of benzene rings is 2. The number of aromatic nitrogens is 2. The number of halogens is 1.